The molecule has 1 aliphatic carbocycles. The van der Waals surface area contributed by atoms with Gasteiger partial charge < -0.3 is 20.1 Å². The van der Waals surface area contributed by atoms with Gasteiger partial charge in [0.05, 0.1) is 0 Å². The van der Waals surface area contributed by atoms with E-state index in [1.165, 1.54) is 0 Å². The van der Waals surface area contributed by atoms with Crippen molar-refractivity contribution in [2.45, 2.75) is 44.2 Å². The van der Waals surface area contributed by atoms with E-state index in [0.29, 0.717) is 38.5 Å². The molecule has 2 N–H and O–H groups in total. The summed E-state index contributed by atoms with van der Waals surface area (Å²) in [5.74, 6) is -0.704. The number of rotatable bonds is 11. The number of carbonyl (C=O) groups excluding carboxylic acids is 2. The van der Waals surface area contributed by atoms with E-state index in [9.17, 15) is 14.4 Å². The molecule has 1 fully saturated rings. The number of nitrogens with zero attached hydrogens (tertiary/aromatic N) is 2. The number of benzene rings is 3. The lowest BCUT2D eigenvalue weighted by Crippen LogP contribution is -2.54. The molecule has 1 unspecified atom stereocenters. The number of carboxylic acid groups (broad SMARTS) is 1. The Hall–Kier alpha value is -4.17. The second-order valence-electron chi connectivity index (χ2n) is 11.4. The molecule has 5 rings (SSSR count). The highest BCUT2D eigenvalue weighted by atomic mass is 16.5. The Labute approximate surface area is 247 Å². The van der Waals surface area contributed by atoms with Crippen LogP contribution < -0.4 is 5.32 Å². The van der Waals surface area contributed by atoms with Crippen LogP contribution in [0.4, 0.5) is 4.79 Å². The summed E-state index contributed by atoms with van der Waals surface area (Å²) in [4.78, 5) is 41.7. The average Bonchev–Trinajstić information content (AvgIpc) is 3.32. The van der Waals surface area contributed by atoms with E-state index in [4.69, 9.17) is 9.84 Å². The fourth-order valence-electron chi connectivity index (χ4n) is 6.23. The van der Waals surface area contributed by atoms with Gasteiger partial charge in [-0.05, 0) is 60.0 Å². The summed E-state index contributed by atoms with van der Waals surface area (Å²) in [6.45, 7) is 2.24. The quantitative estimate of drug-likeness (QED) is 0.332. The lowest BCUT2D eigenvalue weighted by atomic mass is 9.92. The summed E-state index contributed by atoms with van der Waals surface area (Å²) in [5.41, 5.74) is 5.69. The molecular weight excluding hydrogens is 530 g/mol. The van der Waals surface area contributed by atoms with Gasteiger partial charge in [0.15, 0.2) is 0 Å². The largest absolute Gasteiger partial charge is 0.481 e. The summed E-state index contributed by atoms with van der Waals surface area (Å²) in [6.07, 6.45) is 1.68. The smallest absolute Gasteiger partial charge is 0.407 e. The van der Waals surface area contributed by atoms with Crippen LogP contribution >= 0.6 is 0 Å². The number of likely N-dealkylation sites (N-methyl/N-ethyl adjacent to an activating group) is 1. The molecule has 8 nitrogen and oxygen atoms in total. The molecule has 0 radical (unpaired) electrons. The Morgan fingerprint density at radius 3 is 2.14 bits per heavy atom. The number of hydrogen-bond acceptors (Lipinski definition) is 5. The SMILES string of the molecule is CN(Cc1ccccc1)CC(NC(=O)OCC1c2ccccc2-c2ccccc21)C(=O)N1CCC(CCC(=O)O)CC1. The van der Waals surface area contributed by atoms with Crippen LogP contribution in [0.3, 0.4) is 0 Å². The summed E-state index contributed by atoms with van der Waals surface area (Å²) in [5, 5.41) is 11.9. The van der Waals surface area contributed by atoms with Crippen molar-refractivity contribution in [2.75, 3.05) is 33.3 Å². The summed E-state index contributed by atoms with van der Waals surface area (Å²) < 4.78 is 5.78. The number of carboxylic acids is 1. The van der Waals surface area contributed by atoms with E-state index in [-0.39, 0.29) is 24.9 Å². The van der Waals surface area contributed by atoms with Crippen molar-refractivity contribution in [3.8, 4) is 11.1 Å². The molecule has 1 saturated heterocycles. The number of likely N-dealkylation sites (tertiary alicyclic amines) is 1. The van der Waals surface area contributed by atoms with Gasteiger partial charge in [-0.25, -0.2) is 4.79 Å². The number of piperidine rings is 1. The van der Waals surface area contributed by atoms with Crippen molar-refractivity contribution in [1.29, 1.82) is 0 Å². The van der Waals surface area contributed by atoms with Crippen molar-refractivity contribution >= 4 is 18.0 Å². The van der Waals surface area contributed by atoms with Crippen LogP contribution in [-0.2, 0) is 20.9 Å². The topological polar surface area (TPSA) is 99.2 Å². The zero-order valence-corrected chi connectivity index (χ0v) is 24.1. The van der Waals surface area contributed by atoms with Gasteiger partial charge in [-0.1, -0.05) is 78.9 Å². The molecule has 0 bridgehead atoms. The van der Waals surface area contributed by atoms with E-state index in [1.54, 1.807) is 4.90 Å². The molecule has 1 heterocycles. The molecule has 0 saturated carbocycles. The number of alkyl carbamates (subject to hydrolysis) is 1. The third kappa shape index (κ3) is 7.18. The number of ether oxygens (including phenoxy) is 1. The molecule has 8 heteroatoms. The molecular formula is C34H39N3O5. The van der Waals surface area contributed by atoms with Crippen LogP contribution in [0.15, 0.2) is 78.9 Å². The normalized spacial score (nSPS) is 15.6. The molecule has 0 aromatic heterocycles. The van der Waals surface area contributed by atoms with E-state index in [2.05, 4.69) is 29.6 Å². The standard InChI is InChI=1S/C34H39N3O5/c1-36(21-25-9-3-2-4-10-25)22-31(33(40)37-19-17-24(18-20-37)15-16-32(38)39)35-34(41)42-23-30-28-13-7-5-11-26(28)27-12-6-8-14-29(27)30/h2-14,24,30-31H,15-23H2,1H3,(H,35,41)(H,38,39). The zero-order valence-electron chi connectivity index (χ0n) is 24.1. The van der Waals surface area contributed by atoms with Crippen LogP contribution in [0.2, 0.25) is 0 Å². The molecule has 42 heavy (non-hydrogen) atoms. The zero-order chi connectivity index (χ0) is 29.5. The maximum absolute atomic E-state index is 13.7. The van der Waals surface area contributed by atoms with E-state index >= 15 is 0 Å². The van der Waals surface area contributed by atoms with Gasteiger partial charge in [-0.2, -0.15) is 0 Å². The van der Waals surface area contributed by atoms with Gasteiger partial charge in [0.1, 0.15) is 12.6 Å². The summed E-state index contributed by atoms with van der Waals surface area (Å²) in [7, 11) is 1.94. The van der Waals surface area contributed by atoms with Gasteiger partial charge in [-0.3, -0.25) is 14.5 Å². The average molecular weight is 570 g/mol. The van der Waals surface area contributed by atoms with E-state index in [1.807, 2.05) is 66.5 Å². The Bertz CT molecular complexity index is 1340. The van der Waals surface area contributed by atoms with Crippen molar-refractivity contribution in [2.24, 2.45) is 5.92 Å². The maximum Gasteiger partial charge on any atom is 0.407 e. The summed E-state index contributed by atoms with van der Waals surface area (Å²) >= 11 is 0. The Morgan fingerprint density at radius 1 is 0.929 bits per heavy atom. The Morgan fingerprint density at radius 2 is 1.52 bits per heavy atom. The fourth-order valence-corrected chi connectivity index (χ4v) is 6.23. The minimum Gasteiger partial charge on any atom is -0.481 e. The van der Waals surface area contributed by atoms with Gasteiger partial charge in [0.2, 0.25) is 5.91 Å². The van der Waals surface area contributed by atoms with Crippen LogP contribution in [0.5, 0.6) is 0 Å². The number of fused-ring (bicyclic) bond motifs is 3. The fraction of sp³-hybridized carbons (Fsp3) is 0.382. The third-order valence-corrected chi connectivity index (χ3v) is 8.42. The number of carbonyl (C=O) groups is 3. The molecule has 1 atom stereocenters. The van der Waals surface area contributed by atoms with Gasteiger partial charge in [-0.15, -0.1) is 0 Å². The van der Waals surface area contributed by atoms with Crippen LogP contribution in [0.1, 0.15) is 48.3 Å². The van der Waals surface area contributed by atoms with Gasteiger partial charge >= 0.3 is 12.1 Å². The molecule has 0 spiro atoms. The monoisotopic (exact) mass is 569 g/mol. The first kappa shape index (κ1) is 29.3. The molecule has 3 aromatic rings. The number of nitrogens with one attached hydrogen (secondary N) is 1. The van der Waals surface area contributed by atoms with Gasteiger partial charge in [0.25, 0.3) is 0 Å². The minimum absolute atomic E-state index is 0.0668. The van der Waals surface area contributed by atoms with Crippen LogP contribution in [0, 0.1) is 5.92 Å². The second kappa shape index (κ2) is 13.7. The molecule has 1 aliphatic heterocycles. The first-order valence-corrected chi connectivity index (χ1v) is 14.7. The highest BCUT2D eigenvalue weighted by Gasteiger charge is 2.32. The predicted molar refractivity (Wildman–Crippen MR) is 161 cm³/mol. The van der Waals surface area contributed by atoms with E-state index in [0.717, 1.165) is 40.7 Å². The summed E-state index contributed by atoms with van der Waals surface area (Å²) in [6, 6.07) is 25.6. The highest BCUT2D eigenvalue weighted by Crippen LogP contribution is 2.44. The van der Waals surface area contributed by atoms with Crippen molar-refractivity contribution in [3.05, 3.63) is 95.6 Å². The maximum atomic E-state index is 13.7. The lowest BCUT2D eigenvalue weighted by molar-refractivity contribution is -0.138. The Balaban J connectivity index is 1.23. The van der Waals surface area contributed by atoms with E-state index < -0.39 is 18.1 Å². The number of amides is 2. The first-order valence-electron chi connectivity index (χ1n) is 14.7. The van der Waals surface area contributed by atoms with Crippen molar-refractivity contribution < 1.29 is 24.2 Å². The van der Waals surface area contributed by atoms with Crippen LogP contribution in [0.25, 0.3) is 11.1 Å². The molecule has 220 valence electrons. The Kier molecular flexibility index (Phi) is 9.54. The second-order valence-corrected chi connectivity index (χ2v) is 11.4. The lowest BCUT2D eigenvalue weighted by Gasteiger charge is -2.35. The molecule has 3 aromatic carbocycles. The predicted octanol–water partition coefficient (Wildman–Crippen LogP) is 5.13. The van der Waals surface area contributed by atoms with Crippen molar-refractivity contribution in [3.63, 3.8) is 0 Å². The molecule has 2 amide bonds. The number of aliphatic carboxylic acids is 1. The molecule has 2 aliphatic rings. The highest BCUT2D eigenvalue weighted by molar-refractivity contribution is 5.86. The van der Waals surface area contributed by atoms with Crippen LogP contribution in [-0.4, -0.2) is 72.2 Å². The van der Waals surface area contributed by atoms with Crippen molar-refractivity contribution in [1.82, 2.24) is 15.1 Å². The number of hydrogen-bond donors (Lipinski definition) is 2. The minimum atomic E-state index is -0.790. The van der Waals surface area contributed by atoms with Gasteiger partial charge in [0, 0.05) is 38.5 Å². The first-order chi connectivity index (χ1) is 20.4. The third-order valence-electron chi connectivity index (χ3n) is 8.42.